The summed E-state index contributed by atoms with van der Waals surface area (Å²) >= 11 is 12.1. The van der Waals surface area contributed by atoms with Crippen molar-refractivity contribution in [1.82, 2.24) is 9.97 Å². The molecular formula is C14H13Cl2N3. The Hall–Kier alpha value is -1.32. The summed E-state index contributed by atoms with van der Waals surface area (Å²) in [5.74, 6) is 2.02. The van der Waals surface area contributed by atoms with E-state index >= 15 is 0 Å². The van der Waals surface area contributed by atoms with E-state index in [1.54, 1.807) is 6.07 Å². The first-order valence-electron chi connectivity index (χ1n) is 6.20. The maximum absolute atomic E-state index is 6.10. The third-order valence-electron chi connectivity index (χ3n) is 3.19. The summed E-state index contributed by atoms with van der Waals surface area (Å²) < 4.78 is 0. The molecule has 3 nitrogen and oxygen atoms in total. The van der Waals surface area contributed by atoms with Crippen LogP contribution >= 0.6 is 23.2 Å². The number of hydrogen-bond donors (Lipinski definition) is 1. The molecule has 3 rings (SSSR count). The van der Waals surface area contributed by atoms with E-state index < -0.39 is 0 Å². The monoisotopic (exact) mass is 293 g/mol. The molecule has 1 saturated carbocycles. The fourth-order valence-corrected chi connectivity index (χ4v) is 2.27. The summed E-state index contributed by atoms with van der Waals surface area (Å²) in [4.78, 5) is 8.78. The molecule has 0 radical (unpaired) electrons. The Kier molecular flexibility index (Phi) is 3.33. The number of nitrogens with zero attached hydrogens (tertiary/aromatic N) is 2. The van der Waals surface area contributed by atoms with Crippen molar-refractivity contribution in [3.05, 3.63) is 45.8 Å². The Bertz CT molecular complexity index is 624. The summed E-state index contributed by atoms with van der Waals surface area (Å²) in [6.45, 7) is 1.97. The van der Waals surface area contributed by atoms with Crippen LogP contribution in [0.4, 0.5) is 11.5 Å². The number of benzene rings is 1. The van der Waals surface area contributed by atoms with Crippen LogP contribution in [-0.2, 0) is 0 Å². The van der Waals surface area contributed by atoms with Gasteiger partial charge >= 0.3 is 0 Å². The van der Waals surface area contributed by atoms with Gasteiger partial charge in [-0.25, -0.2) is 9.97 Å². The Morgan fingerprint density at radius 1 is 1.21 bits per heavy atom. The second-order valence-corrected chi connectivity index (χ2v) is 5.54. The van der Waals surface area contributed by atoms with E-state index in [-0.39, 0.29) is 0 Å². The van der Waals surface area contributed by atoms with E-state index in [1.807, 2.05) is 25.1 Å². The third kappa shape index (κ3) is 2.82. The summed E-state index contributed by atoms with van der Waals surface area (Å²) in [7, 11) is 0. The molecular weight excluding hydrogens is 281 g/mol. The number of hydrogen-bond acceptors (Lipinski definition) is 3. The van der Waals surface area contributed by atoms with Gasteiger partial charge in [0.2, 0.25) is 0 Å². The lowest BCUT2D eigenvalue weighted by atomic mass is 10.2. The van der Waals surface area contributed by atoms with Crippen LogP contribution < -0.4 is 5.32 Å². The molecule has 0 aliphatic heterocycles. The maximum Gasteiger partial charge on any atom is 0.135 e. The lowest BCUT2D eigenvalue weighted by molar-refractivity contribution is 0.930. The molecule has 0 amide bonds. The molecule has 1 aliphatic carbocycles. The van der Waals surface area contributed by atoms with Gasteiger partial charge in [-0.1, -0.05) is 29.3 Å². The highest BCUT2D eigenvalue weighted by Gasteiger charge is 2.27. The van der Waals surface area contributed by atoms with E-state index in [0.29, 0.717) is 16.9 Å². The van der Waals surface area contributed by atoms with Crippen LogP contribution in [0.3, 0.4) is 0 Å². The molecule has 0 unspecified atom stereocenters. The van der Waals surface area contributed by atoms with Gasteiger partial charge in [-0.05, 0) is 37.5 Å². The molecule has 1 heterocycles. The molecule has 19 heavy (non-hydrogen) atoms. The normalized spacial score (nSPS) is 14.5. The molecule has 1 aliphatic rings. The van der Waals surface area contributed by atoms with Crippen LogP contribution in [-0.4, -0.2) is 9.97 Å². The number of rotatable bonds is 3. The zero-order chi connectivity index (χ0) is 13.4. The molecule has 1 aromatic carbocycles. The summed E-state index contributed by atoms with van der Waals surface area (Å²) in [5.41, 5.74) is 1.93. The Morgan fingerprint density at radius 3 is 2.74 bits per heavy atom. The zero-order valence-corrected chi connectivity index (χ0v) is 12.0. The molecule has 0 bridgehead atoms. The third-order valence-corrected chi connectivity index (χ3v) is 3.79. The minimum absolute atomic E-state index is 0.471. The van der Waals surface area contributed by atoms with Crippen LogP contribution in [0.15, 0.2) is 24.3 Å². The predicted octanol–water partition coefficient (Wildman–Crippen LogP) is 4.71. The topological polar surface area (TPSA) is 37.8 Å². The van der Waals surface area contributed by atoms with Crippen LogP contribution in [0.1, 0.15) is 30.1 Å². The molecule has 0 atom stereocenters. The Labute approximate surface area is 122 Å². The van der Waals surface area contributed by atoms with Crippen molar-refractivity contribution in [3.8, 4) is 0 Å². The predicted molar refractivity (Wildman–Crippen MR) is 78.5 cm³/mol. The highest BCUT2D eigenvalue weighted by atomic mass is 35.5. The van der Waals surface area contributed by atoms with Crippen molar-refractivity contribution in [3.63, 3.8) is 0 Å². The van der Waals surface area contributed by atoms with Crippen molar-refractivity contribution >= 4 is 34.7 Å². The van der Waals surface area contributed by atoms with Gasteiger partial charge < -0.3 is 5.32 Å². The molecule has 1 fully saturated rings. The first-order chi connectivity index (χ1) is 9.13. The van der Waals surface area contributed by atoms with E-state index in [2.05, 4.69) is 15.3 Å². The average Bonchev–Trinajstić information content (AvgIpc) is 3.18. The van der Waals surface area contributed by atoms with Crippen molar-refractivity contribution in [1.29, 1.82) is 0 Å². The molecule has 1 N–H and O–H groups in total. The fourth-order valence-electron chi connectivity index (χ4n) is 1.90. The summed E-state index contributed by atoms with van der Waals surface area (Å²) in [6.07, 6.45) is 2.30. The van der Waals surface area contributed by atoms with Crippen LogP contribution in [0.25, 0.3) is 0 Å². The van der Waals surface area contributed by atoms with Crippen molar-refractivity contribution in [2.75, 3.05) is 5.32 Å². The quantitative estimate of drug-likeness (QED) is 0.833. The van der Waals surface area contributed by atoms with Crippen LogP contribution in [0, 0.1) is 6.92 Å². The largest absolute Gasteiger partial charge is 0.340 e. The zero-order valence-electron chi connectivity index (χ0n) is 10.5. The van der Waals surface area contributed by atoms with Gasteiger partial charge in [-0.15, -0.1) is 0 Å². The standard InChI is InChI=1S/C14H13Cl2N3/c1-8-10(15)3-2-4-11(8)17-13-7-12(16)18-14(19-13)9-5-6-9/h2-4,7,9H,5-6H2,1H3,(H,17,18,19). The Balaban J connectivity index is 1.92. The van der Waals surface area contributed by atoms with E-state index in [4.69, 9.17) is 23.2 Å². The SMILES string of the molecule is Cc1c(Cl)cccc1Nc1cc(Cl)nc(C2CC2)n1. The number of aromatic nitrogens is 2. The van der Waals surface area contributed by atoms with Crippen molar-refractivity contribution in [2.24, 2.45) is 0 Å². The molecule has 1 aromatic heterocycles. The number of anilines is 2. The van der Waals surface area contributed by atoms with Gasteiger partial charge in [0.15, 0.2) is 0 Å². The van der Waals surface area contributed by atoms with Crippen molar-refractivity contribution < 1.29 is 0 Å². The van der Waals surface area contributed by atoms with E-state index in [1.165, 1.54) is 0 Å². The average molecular weight is 294 g/mol. The number of nitrogens with one attached hydrogen (secondary N) is 1. The molecule has 0 saturated heterocycles. The van der Waals surface area contributed by atoms with Crippen LogP contribution in [0.5, 0.6) is 0 Å². The minimum Gasteiger partial charge on any atom is -0.340 e. The number of halogens is 2. The van der Waals surface area contributed by atoms with Crippen LogP contribution in [0.2, 0.25) is 10.2 Å². The van der Waals surface area contributed by atoms with E-state index in [0.717, 1.165) is 34.9 Å². The molecule has 98 valence electrons. The van der Waals surface area contributed by atoms with Gasteiger partial charge in [0.25, 0.3) is 0 Å². The minimum atomic E-state index is 0.471. The van der Waals surface area contributed by atoms with Gasteiger partial charge in [0, 0.05) is 22.7 Å². The summed E-state index contributed by atoms with van der Waals surface area (Å²) in [6, 6.07) is 7.47. The van der Waals surface area contributed by atoms with Gasteiger partial charge in [-0.3, -0.25) is 0 Å². The molecule has 0 spiro atoms. The summed E-state index contributed by atoms with van der Waals surface area (Å²) in [5, 5.41) is 4.46. The van der Waals surface area contributed by atoms with E-state index in [9.17, 15) is 0 Å². The van der Waals surface area contributed by atoms with Crippen molar-refractivity contribution in [2.45, 2.75) is 25.7 Å². The smallest absolute Gasteiger partial charge is 0.135 e. The van der Waals surface area contributed by atoms with Gasteiger partial charge in [0.05, 0.1) is 0 Å². The first kappa shape index (κ1) is 12.7. The first-order valence-corrected chi connectivity index (χ1v) is 6.95. The highest BCUT2D eigenvalue weighted by Crippen LogP contribution is 2.39. The molecule has 2 aromatic rings. The lowest BCUT2D eigenvalue weighted by Gasteiger charge is -2.11. The second-order valence-electron chi connectivity index (χ2n) is 4.75. The molecule has 5 heteroatoms. The highest BCUT2D eigenvalue weighted by molar-refractivity contribution is 6.31. The fraction of sp³-hybridized carbons (Fsp3) is 0.286. The second kappa shape index (κ2) is 4.99. The Morgan fingerprint density at radius 2 is 2.00 bits per heavy atom. The van der Waals surface area contributed by atoms with Gasteiger partial charge in [0.1, 0.15) is 16.8 Å². The lowest BCUT2D eigenvalue weighted by Crippen LogP contribution is -2.00. The van der Waals surface area contributed by atoms with Gasteiger partial charge in [-0.2, -0.15) is 0 Å². The maximum atomic E-state index is 6.10.